The first kappa shape index (κ1) is 9.23. The second-order valence-corrected chi connectivity index (χ2v) is 2.32. The lowest BCUT2D eigenvalue weighted by molar-refractivity contribution is 0.152. The normalized spacial score (nSPS) is 9.90. The van der Waals surface area contributed by atoms with Gasteiger partial charge in [0.25, 0.3) is 0 Å². The van der Waals surface area contributed by atoms with E-state index in [-0.39, 0.29) is 0 Å². The molecule has 0 unspecified atom stereocenters. The molecular formula is C6H14N2O2. The molecule has 0 spiro atoms. The van der Waals surface area contributed by atoms with E-state index < -0.39 is 6.09 Å². The third-order valence-corrected chi connectivity index (χ3v) is 0.994. The highest BCUT2D eigenvalue weighted by Crippen LogP contribution is 1.84. The number of ether oxygens (including phenoxy) is 1. The van der Waals surface area contributed by atoms with Crippen LogP contribution in [0.25, 0.3) is 0 Å². The fourth-order valence-corrected chi connectivity index (χ4v) is 0.554. The van der Waals surface area contributed by atoms with Gasteiger partial charge in [-0.05, 0) is 20.5 Å². The summed E-state index contributed by atoms with van der Waals surface area (Å²) < 4.78 is 4.50. The third-order valence-electron chi connectivity index (χ3n) is 0.994. The van der Waals surface area contributed by atoms with Crippen molar-refractivity contribution in [2.45, 2.75) is 6.42 Å². The summed E-state index contributed by atoms with van der Waals surface area (Å²) in [6.07, 6.45) is 0.134. The minimum Gasteiger partial charge on any atom is -0.450 e. The molecule has 0 radical (unpaired) electrons. The molecule has 0 aliphatic rings. The Balaban J connectivity index is 2.98. The zero-order chi connectivity index (χ0) is 7.98. The van der Waals surface area contributed by atoms with Crippen LogP contribution in [-0.4, -0.2) is 38.2 Å². The van der Waals surface area contributed by atoms with Crippen molar-refractivity contribution < 1.29 is 9.53 Å². The minimum absolute atomic E-state index is 0.410. The summed E-state index contributed by atoms with van der Waals surface area (Å²) in [6, 6.07) is 0. The van der Waals surface area contributed by atoms with E-state index in [1.807, 2.05) is 19.0 Å². The molecule has 0 aromatic heterocycles. The van der Waals surface area contributed by atoms with Crippen molar-refractivity contribution in [3.63, 3.8) is 0 Å². The lowest BCUT2D eigenvalue weighted by Crippen LogP contribution is -2.18. The van der Waals surface area contributed by atoms with E-state index >= 15 is 0 Å². The van der Waals surface area contributed by atoms with Crippen molar-refractivity contribution >= 4 is 6.09 Å². The number of carbonyl (C=O) groups excluding carboxylic acids is 1. The van der Waals surface area contributed by atoms with Gasteiger partial charge in [-0.1, -0.05) is 0 Å². The van der Waals surface area contributed by atoms with E-state index in [1.165, 1.54) is 0 Å². The van der Waals surface area contributed by atoms with Gasteiger partial charge in [0, 0.05) is 6.54 Å². The fraction of sp³-hybridized carbons (Fsp3) is 0.833. The lowest BCUT2D eigenvalue weighted by atomic mass is 10.4. The molecule has 4 heteroatoms. The summed E-state index contributed by atoms with van der Waals surface area (Å²) in [7, 11) is 3.93. The van der Waals surface area contributed by atoms with E-state index in [9.17, 15) is 4.79 Å². The van der Waals surface area contributed by atoms with Gasteiger partial charge in [-0.25, -0.2) is 4.79 Å². The Hall–Kier alpha value is -0.770. The van der Waals surface area contributed by atoms with Crippen molar-refractivity contribution in [1.82, 2.24) is 4.90 Å². The molecule has 0 atom stereocenters. The molecule has 0 rings (SSSR count). The van der Waals surface area contributed by atoms with Crippen LogP contribution in [-0.2, 0) is 4.74 Å². The quantitative estimate of drug-likeness (QED) is 0.569. The molecule has 2 N–H and O–H groups in total. The Kier molecular flexibility index (Phi) is 4.66. The Morgan fingerprint density at radius 2 is 2.20 bits per heavy atom. The van der Waals surface area contributed by atoms with Gasteiger partial charge in [-0.2, -0.15) is 0 Å². The van der Waals surface area contributed by atoms with Crippen molar-refractivity contribution in [2.24, 2.45) is 5.73 Å². The van der Waals surface area contributed by atoms with E-state index in [4.69, 9.17) is 5.73 Å². The minimum atomic E-state index is -0.696. The first-order valence-corrected chi connectivity index (χ1v) is 3.20. The highest BCUT2D eigenvalue weighted by Gasteiger charge is 1.93. The molecule has 0 aliphatic heterocycles. The number of nitrogens with zero attached hydrogens (tertiary/aromatic N) is 1. The Morgan fingerprint density at radius 3 is 2.60 bits per heavy atom. The molecule has 0 heterocycles. The number of rotatable bonds is 4. The number of amides is 1. The Bertz CT molecular complexity index is 104. The van der Waals surface area contributed by atoms with Crippen LogP contribution in [0.15, 0.2) is 0 Å². The van der Waals surface area contributed by atoms with E-state index in [2.05, 4.69) is 4.74 Å². The van der Waals surface area contributed by atoms with Crippen molar-refractivity contribution in [2.75, 3.05) is 27.2 Å². The van der Waals surface area contributed by atoms with Gasteiger partial charge >= 0.3 is 6.09 Å². The maximum Gasteiger partial charge on any atom is 0.404 e. The molecular weight excluding hydrogens is 132 g/mol. The fourth-order valence-electron chi connectivity index (χ4n) is 0.554. The smallest absolute Gasteiger partial charge is 0.404 e. The topological polar surface area (TPSA) is 55.6 Å². The van der Waals surface area contributed by atoms with Crippen LogP contribution in [0.2, 0.25) is 0 Å². The average molecular weight is 146 g/mol. The largest absolute Gasteiger partial charge is 0.450 e. The van der Waals surface area contributed by atoms with E-state index in [0.717, 1.165) is 13.0 Å². The average Bonchev–Trinajstić information content (AvgIpc) is 1.79. The molecule has 4 nitrogen and oxygen atoms in total. The molecule has 60 valence electrons. The Morgan fingerprint density at radius 1 is 1.60 bits per heavy atom. The van der Waals surface area contributed by atoms with Crippen molar-refractivity contribution in [1.29, 1.82) is 0 Å². The molecule has 0 aromatic rings. The monoisotopic (exact) mass is 146 g/mol. The van der Waals surface area contributed by atoms with Crippen LogP contribution in [0, 0.1) is 0 Å². The van der Waals surface area contributed by atoms with Gasteiger partial charge in [0.15, 0.2) is 0 Å². The maximum atomic E-state index is 10.0. The molecule has 0 saturated carbocycles. The van der Waals surface area contributed by atoms with Crippen LogP contribution in [0.5, 0.6) is 0 Å². The van der Waals surface area contributed by atoms with Gasteiger partial charge in [0.1, 0.15) is 0 Å². The zero-order valence-corrected chi connectivity index (χ0v) is 6.46. The van der Waals surface area contributed by atoms with Crippen LogP contribution >= 0.6 is 0 Å². The van der Waals surface area contributed by atoms with Crippen LogP contribution in [0.1, 0.15) is 6.42 Å². The van der Waals surface area contributed by atoms with Crippen LogP contribution < -0.4 is 5.73 Å². The summed E-state index contributed by atoms with van der Waals surface area (Å²) in [4.78, 5) is 12.0. The molecule has 0 aromatic carbocycles. The summed E-state index contributed by atoms with van der Waals surface area (Å²) in [5.41, 5.74) is 4.73. The molecule has 0 bridgehead atoms. The standard InChI is InChI=1S/C6H14N2O2/c1-8(2)4-3-5-10-6(7)9/h3-5H2,1-2H3,(H2,7,9). The predicted molar refractivity (Wildman–Crippen MR) is 38.7 cm³/mol. The summed E-state index contributed by atoms with van der Waals surface area (Å²) >= 11 is 0. The zero-order valence-electron chi connectivity index (χ0n) is 6.46. The molecule has 0 aliphatic carbocycles. The van der Waals surface area contributed by atoms with Crippen molar-refractivity contribution in [3.05, 3.63) is 0 Å². The number of nitrogens with two attached hydrogens (primary N) is 1. The second-order valence-electron chi connectivity index (χ2n) is 2.32. The molecule has 0 saturated heterocycles. The maximum absolute atomic E-state index is 10.0. The van der Waals surface area contributed by atoms with Gasteiger partial charge in [0.2, 0.25) is 0 Å². The van der Waals surface area contributed by atoms with E-state index in [0.29, 0.717) is 6.61 Å². The van der Waals surface area contributed by atoms with Crippen molar-refractivity contribution in [3.8, 4) is 0 Å². The molecule has 0 fully saturated rings. The summed E-state index contributed by atoms with van der Waals surface area (Å²) in [6.45, 7) is 1.32. The summed E-state index contributed by atoms with van der Waals surface area (Å²) in [5.74, 6) is 0. The molecule has 10 heavy (non-hydrogen) atoms. The van der Waals surface area contributed by atoms with Gasteiger partial charge < -0.3 is 15.4 Å². The highest BCUT2D eigenvalue weighted by atomic mass is 16.5. The first-order valence-electron chi connectivity index (χ1n) is 3.20. The SMILES string of the molecule is CN(C)CCCOC(N)=O. The Labute approximate surface area is 60.9 Å². The lowest BCUT2D eigenvalue weighted by Gasteiger charge is -2.07. The number of primary amides is 1. The van der Waals surface area contributed by atoms with Crippen LogP contribution in [0.3, 0.4) is 0 Å². The number of carbonyl (C=O) groups is 1. The predicted octanol–water partition coefficient (Wildman–Crippen LogP) is 0.0334. The number of hydrogen-bond donors (Lipinski definition) is 1. The first-order chi connectivity index (χ1) is 4.63. The van der Waals surface area contributed by atoms with Gasteiger partial charge in [0.05, 0.1) is 6.61 Å². The highest BCUT2D eigenvalue weighted by molar-refractivity contribution is 5.64. The summed E-state index contributed by atoms with van der Waals surface area (Å²) in [5, 5.41) is 0. The van der Waals surface area contributed by atoms with E-state index in [1.54, 1.807) is 0 Å². The van der Waals surface area contributed by atoms with Gasteiger partial charge in [-0.15, -0.1) is 0 Å². The van der Waals surface area contributed by atoms with Gasteiger partial charge in [-0.3, -0.25) is 0 Å². The second kappa shape index (κ2) is 5.05. The van der Waals surface area contributed by atoms with Crippen LogP contribution in [0.4, 0.5) is 4.79 Å². The third kappa shape index (κ3) is 7.23. The molecule has 1 amide bonds. The number of hydrogen-bond acceptors (Lipinski definition) is 3.